The fourth-order valence-corrected chi connectivity index (χ4v) is 1.71. The predicted octanol–water partition coefficient (Wildman–Crippen LogP) is 2.57. The molecule has 1 aromatic carbocycles. The summed E-state index contributed by atoms with van der Waals surface area (Å²) in [6, 6.07) is 7.91. The van der Waals surface area contributed by atoms with Gasteiger partial charge in [0.05, 0.1) is 5.54 Å². The second-order valence-corrected chi connectivity index (χ2v) is 5.47. The first-order valence-corrected chi connectivity index (χ1v) is 6.17. The fourth-order valence-electron chi connectivity index (χ4n) is 1.71. The molecule has 0 aromatic heterocycles. The number of ketones is 1. The normalized spacial score (nSPS) is 11.4. The zero-order valence-corrected chi connectivity index (χ0v) is 11.7. The summed E-state index contributed by atoms with van der Waals surface area (Å²) in [6.45, 7) is 9.24. The van der Waals surface area contributed by atoms with Crippen molar-refractivity contribution in [2.24, 2.45) is 5.92 Å². The van der Waals surface area contributed by atoms with Gasteiger partial charge in [0.1, 0.15) is 0 Å². The van der Waals surface area contributed by atoms with Crippen LogP contribution in [0.3, 0.4) is 0 Å². The third-order valence-electron chi connectivity index (χ3n) is 2.91. The average Bonchev–Trinajstić information content (AvgIpc) is 2.27. The van der Waals surface area contributed by atoms with Crippen molar-refractivity contribution in [3.05, 3.63) is 35.4 Å². The van der Waals surface area contributed by atoms with Crippen LogP contribution in [-0.2, 0) is 15.1 Å². The van der Waals surface area contributed by atoms with Gasteiger partial charge < -0.3 is 5.32 Å². The minimum atomic E-state index is -0.548. The highest BCUT2D eigenvalue weighted by atomic mass is 16.2. The average molecular weight is 247 g/mol. The Kier molecular flexibility index (Phi) is 4.28. The lowest BCUT2D eigenvalue weighted by Crippen LogP contribution is -2.45. The van der Waals surface area contributed by atoms with E-state index in [1.54, 1.807) is 13.8 Å². The molecule has 0 fully saturated rings. The quantitative estimate of drug-likeness (QED) is 0.831. The summed E-state index contributed by atoms with van der Waals surface area (Å²) < 4.78 is 0. The molecule has 0 bridgehead atoms. The molecule has 0 heterocycles. The van der Waals surface area contributed by atoms with Crippen LogP contribution >= 0.6 is 0 Å². The number of aryl methyl sites for hydroxylation is 1. The molecule has 98 valence electrons. The van der Waals surface area contributed by atoms with Crippen molar-refractivity contribution >= 4 is 11.7 Å². The first-order valence-electron chi connectivity index (χ1n) is 6.17. The van der Waals surface area contributed by atoms with Crippen LogP contribution in [0.15, 0.2) is 24.3 Å². The summed E-state index contributed by atoms with van der Waals surface area (Å²) in [7, 11) is 0. The summed E-state index contributed by atoms with van der Waals surface area (Å²) in [5.41, 5.74) is 1.57. The van der Waals surface area contributed by atoms with E-state index in [2.05, 4.69) is 5.32 Å². The van der Waals surface area contributed by atoms with Gasteiger partial charge in [-0.1, -0.05) is 43.7 Å². The number of amides is 1. The minimum Gasteiger partial charge on any atom is -0.341 e. The Balaban J connectivity index is 2.88. The standard InChI is InChI=1S/C15H21NO2/c1-10(2)13(17)14(18)16-15(4,5)12-8-6-7-11(3)9-12/h6-10H,1-5H3,(H,16,18). The van der Waals surface area contributed by atoms with Crippen LogP contribution in [0.25, 0.3) is 0 Å². The topological polar surface area (TPSA) is 46.2 Å². The molecule has 0 radical (unpaired) electrons. The summed E-state index contributed by atoms with van der Waals surface area (Å²) in [5.74, 6) is -1.18. The molecule has 0 aliphatic heterocycles. The molecule has 0 aliphatic carbocycles. The van der Waals surface area contributed by atoms with E-state index in [1.165, 1.54) is 0 Å². The number of rotatable bonds is 4. The number of carbonyl (C=O) groups is 2. The van der Waals surface area contributed by atoms with E-state index in [0.717, 1.165) is 11.1 Å². The van der Waals surface area contributed by atoms with Gasteiger partial charge in [-0.05, 0) is 26.3 Å². The molecule has 18 heavy (non-hydrogen) atoms. The highest BCUT2D eigenvalue weighted by Crippen LogP contribution is 2.21. The van der Waals surface area contributed by atoms with Gasteiger partial charge in [0.15, 0.2) is 0 Å². The van der Waals surface area contributed by atoms with Gasteiger partial charge in [-0.2, -0.15) is 0 Å². The first-order chi connectivity index (χ1) is 8.24. The molecule has 1 aromatic rings. The molecule has 3 heteroatoms. The summed E-state index contributed by atoms with van der Waals surface area (Å²) in [4.78, 5) is 23.4. The molecule has 0 unspecified atom stereocenters. The maximum absolute atomic E-state index is 11.8. The Morgan fingerprint density at radius 2 is 1.83 bits per heavy atom. The van der Waals surface area contributed by atoms with Crippen LogP contribution in [0.1, 0.15) is 38.8 Å². The predicted molar refractivity (Wildman–Crippen MR) is 72.2 cm³/mol. The monoisotopic (exact) mass is 247 g/mol. The van der Waals surface area contributed by atoms with Crippen molar-refractivity contribution in [2.45, 2.75) is 40.2 Å². The Morgan fingerprint density at radius 1 is 1.22 bits per heavy atom. The van der Waals surface area contributed by atoms with Gasteiger partial charge in [0.2, 0.25) is 5.78 Å². The largest absolute Gasteiger partial charge is 0.341 e. The number of carbonyl (C=O) groups excluding carboxylic acids is 2. The SMILES string of the molecule is Cc1cccc(C(C)(C)NC(=O)C(=O)C(C)C)c1. The van der Waals surface area contributed by atoms with Crippen molar-refractivity contribution in [3.8, 4) is 0 Å². The Labute approximate surface area is 109 Å². The molecule has 0 saturated heterocycles. The van der Waals surface area contributed by atoms with Gasteiger partial charge >= 0.3 is 0 Å². The summed E-state index contributed by atoms with van der Waals surface area (Å²) in [6.07, 6.45) is 0. The molecule has 1 rings (SSSR count). The van der Waals surface area contributed by atoms with Crippen LogP contribution in [0.4, 0.5) is 0 Å². The molecule has 1 N–H and O–H groups in total. The molecule has 1 amide bonds. The first kappa shape index (κ1) is 14.4. The van der Waals surface area contributed by atoms with E-state index >= 15 is 0 Å². The molecule has 0 aliphatic rings. The second-order valence-electron chi connectivity index (χ2n) is 5.47. The van der Waals surface area contributed by atoms with Crippen LogP contribution < -0.4 is 5.32 Å². The van der Waals surface area contributed by atoms with Crippen LogP contribution in [0.5, 0.6) is 0 Å². The van der Waals surface area contributed by atoms with Crippen LogP contribution in [0, 0.1) is 12.8 Å². The third-order valence-corrected chi connectivity index (χ3v) is 2.91. The molecule has 0 spiro atoms. The van der Waals surface area contributed by atoms with E-state index in [0.29, 0.717) is 0 Å². The van der Waals surface area contributed by atoms with Crippen molar-refractivity contribution in [1.29, 1.82) is 0 Å². The van der Waals surface area contributed by atoms with Crippen molar-refractivity contribution in [1.82, 2.24) is 5.32 Å². The maximum atomic E-state index is 11.8. The van der Waals surface area contributed by atoms with Gasteiger partial charge in [-0.15, -0.1) is 0 Å². The lowest BCUT2D eigenvalue weighted by molar-refractivity contribution is -0.140. The number of hydrogen-bond acceptors (Lipinski definition) is 2. The van der Waals surface area contributed by atoms with Crippen LogP contribution in [-0.4, -0.2) is 11.7 Å². The second kappa shape index (κ2) is 5.34. The van der Waals surface area contributed by atoms with Gasteiger partial charge in [-0.25, -0.2) is 0 Å². The lowest BCUT2D eigenvalue weighted by Gasteiger charge is -2.27. The summed E-state index contributed by atoms with van der Waals surface area (Å²) in [5, 5.41) is 2.79. The summed E-state index contributed by atoms with van der Waals surface area (Å²) >= 11 is 0. The molecular formula is C15H21NO2. The van der Waals surface area contributed by atoms with Crippen molar-refractivity contribution in [3.63, 3.8) is 0 Å². The van der Waals surface area contributed by atoms with E-state index < -0.39 is 11.4 Å². The van der Waals surface area contributed by atoms with E-state index in [1.807, 2.05) is 45.0 Å². The minimum absolute atomic E-state index is 0.279. The number of nitrogens with one attached hydrogen (secondary N) is 1. The smallest absolute Gasteiger partial charge is 0.288 e. The highest BCUT2D eigenvalue weighted by Gasteiger charge is 2.27. The van der Waals surface area contributed by atoms with E-state index in [4.69, 9.17) is 0 Å². The Bertz CT molecular complexity index is 461. The van der Waals surface area contributed by atoms with Gasteiger partial charge in [0, 0.05) is 5.92 Å². The Morgan fingerprint density at radius 3 is 2.33 bits per heavy atom. The Hall–Kier alpha value is -1.64. The number of benzene rings is 1. The zero-order chi connectivity index (χ0) is 13.9. The molecule has 3 nitrogen and oxygen atoms in total. The van der Waals surface area contributed by atoms with E-state index in [9.17, 15) is 9.59 Å². The van der Waals surface area contributed by atoms with Gasteiger partial charge in [-0.3, -0.25) is 9.59 Å². The maximum Gasteiger partial charge on any atom is 0.288 e. The number of hydrogen-bond donors (Lipinski definition) is 1. The lowest BCUT2D eigenvalue weighted by atomic mass is 9.92. The number of Topliss-reactive ketones (excluding diaryl/α,β-unsaturated/α-hetero) is 1. The zero-order valence-electron chi connectivity index (χ0n) is 11.7. The molecular weight excluding hydrogens is 226 g/mol. The van der Waals surface area contributed by atoms with Crippen LogP contribution in [0.2, 0.25) is 0 Å². The highest BCUT2D eigenvalue weighted by molar-refractivity contribution is 6.36. The molecule has 0 atom stereocenters. The third kappa shape index (κ3) is 3.42. The van der Waals surface area contributed by atoms with E-state index in [-0.39, 0.29) is 11.7 Å². The van der Waals surface area contributed by atoms with Gasteiger partial charge in [0.25, 0.3) is 5.91 Å². The van der Waals surface area contributed by atoms with Crippen molar-refractivity contribution < 1.29 is 9.59 Å². The fraction of sp³-hybridized carbons (Fsp3) is 0.467. The van der Waals surface area contributed by atoms with Crippen molar-refractivity contribution in [2.75, 3.05) is 0 Å². The molecule has 0 saturated carbocycles.